The van der Waals surface area contributed by atoms with E-state index in [0.29, 0.717) is 18.5 Å². The minimum Gasteiger partial charge on any atom is -0.354 e. The van der Waals surface area contributed by atoms with E-state index in [1.165, 1.54) is 17.0 Å². The molecule has 0 unspecified atom stereocenters. The summed E-state index contributed by atoms with van der Waals surface area (Å²) in [6.45, 7) is 6.95. The van der Waals surface area contributed by atoms with Crippen molar-refractivity contribution in [3.63, 3.8) is 0 Å². The number of nitrogens with two attached hydrogens (primary N) is 1. The number of likely N-dealkylation sites (N-methyl/N-ethyl adjacent to an activating group) is 1. The van der Waals surface area contributed by atoms with Crippen molar-refractivity contribution >= 4 is 21.9 Å². The monoisotopic (exact) mass is 438 g/mol. The van der Waals surface area contributed by atoms with Crippen LogP contribution in [0.25, 0.3) is 0 Å². The summed E-state index contributed by atoms with van der Waals surface area (Å²) in [6.07, 6.45) is 2.01. The van der Waals surface area contributed by atoms with Gasteiger partial charge in [-0.15, -0.1) is 0 Å². The van der Waals surface area contributed by atoms with Crippen LogP contribution in [0.1, 0.15) is 32.3 Å². The quantitative estimate of drug-likeness (QED) is 0.417. The van der Waals surface area contributed by atoms with Crippen molar-refractivity contribution < 1.29 is 13.2 Å². The van der Waals surface area contributed by atoms with Crippen LogP contribution in [0.2, 0.25) is 0 Å². The first-order chi connectivity index (χ1) is 14.1. The van der Waals surface area contributed by atoms with Gasteiger partial charge < -0.3 is 20.4 Å². The number of piperidine rings is 1. The number of carbonyl (C=O) groups excluding carboxylic acids is 1. The van der Waals surface area contributed by atoms with Crippen molar-refractivity contribution in [2.24, 2.45) is 10.1 Å². The van der Waals surface area contributed by atoms with E-state index in [4.69, 9.17) is 5.14 Å². The van der Waals surface area contributed by atoms with Crippen LogP contribution in [-0.4, -0.2) is 75.9 Å². The minimum atomic E-state index is -3.71. The SMILES string of the molecule is CC(C)N1CCC(NC(=NCc2ccc(S(N)(=O)=O)cc2)NCC(=O)N(C)C)CC1. The van der Waals surface area contributed by atoms with E-state index in [-0.39, 0.29) is 23.4 Å². The highest BCUT2D eigenvalue weighted by Gasteiger charge is 2.21. The Bertz CT molecular complexity index is 829. The lowest BCUT2D eigenvalue weighted by Crippen LogP contribution is -2.51. The molecule has 168 valence electrons. The first-order valence-corrected chi connectivity index (χ1v) is 11.7. The lowest BCUT2D eigenvalue weighted by Gasteiger charge is -2.35. The van der Waals surface area contributed by atoms with E-state index < -0.39 is 10.0 Å². The largest absolute Gasteiger partial charge is 0.354 e. The van der Waals surface area contributed by atoms with Crippen molar-refractivity contribution in [1.82, 2.24) is 20.4 Å². The van der Waals surface area contributed by atoms with E-state index in [1.54, 1.807) is 26.2 Å². The molecule has 1 fully saturated rings. The maximum atomic E-state index is 12.0. The Morgan fingerprint density at radius 2 is 1.83 bits per heavy atom. The molecule has 10 heteroatoms. The summed E-state index contributed by atoms with van der Waals surface area (Å²) < 4.78 is 22.8. The highest BCUT2D eigenvalue weighted by Crippen LogP contribution is 2.13. The summed E-state index contributed by atoms with van der Waals surface area (Å²) in [5.74, 6) is 0.528. The predicted molar refractivity (Wildman–Crippen MR) is 119 cm³/mol. The summed E-state index contributed by atoms with van der Waals surface area (Å²) in [7, 11) is -0.291. The number of nitrogens with zero attached hydrogens (tertiary/aromatic N) is 3. The van der Waals surface area contributed by atoms with Crippen molar-refractivity contribution in [3.05, 3.63) is 29.8 Å². The fourth-order valence-corrected chi connectivity index (χ4v) is 3.69. The maximum absolute atomic E-state index is 12.0. The van der Waals surface area contributed by atoms with Crippen LogP contribution in [0.3, 0.4) is 0 Å². The molecule has 0 aliphatic carbocycles. The van der Waals surface area contributed by atoms with Crippen molar-refractivity contribution in [2.75, 3.05) is 33.7 Å². The number of hydrogen-bond acceptors (Lipinski definition) is 5. The second-order valence-corrected chi connectivity index (χ2v) is 9.61. The Labute approximate surface area is 179 Å². The van der Waals surface area contributed by atoms with Gasteiger partial charge in [0.2, 0.25) is 15.9 Å². The second-order valence-electron chi connectivity index (χ2n) is 8.04. The third kappa shape index (κ3) is 7.58. The van der Waals surface area contributed by atoms with Crippen LogP contribution in [0, 0.1) is 0 Å². The molecule has 0 bridgehead atoms. The molecule has 2 rings (SSSR count). The Balaban J connectivity index is 2.04. The van der Waals surface area contributed by atoms with Gasteiger partial charge in [0, 0.05) is 39.3 Å². The average Bonchev–Trinajstić information content (AvgIpc) is 2.69. The lowest BCUT2D eigenvalue weighted by molar-refractivity contribution is -0.127. The molecule has 0 atom stereocenters. The zero-order valence-electron chi connectivity index (χ0n) is 18.3. The van der Waals surface area contributed by atoms with E-state index in [9.17, 15) is 13.2 Å². The molecule has 9 nitrogen and oxygen atoms in total. The van der Waals surface area contributed by atoms with Gasteiger partial charge in [-0.2, -0.15) is 0 Å². The summed E-state index contributed by atoms with van der Waals surface area (Å²) in [4.78, 5) is 20.6. The Morgan fingerprint density at radius 1 is 1.23 bits per heavy atom. The van der Waals surface area contributed by atoms with E-state index in [2.05, 4.69) is 34.4 Å². The van der Waals surface area contributed by atoms with Gasteiger partial charge >= 0.3 is 0 Å². The third-order valence-corrected chi connectivity index (χ3v) is 6.11. The van der Waals surface area contributed by atoms with Gasteiger partial charge in [0.15, 0.2) is 5.96 Å². The van der Waals surface area contributed by atoms with Gasteiger partial charge in [-0.3, -0.25) is 4.79 Å². The molecule has 1 aliphatic rings. The number of aliphatic imine (C=N–C) groups is 1. The number of nitrogens with one attached hydrogen (secondary N) is 2. The van der Waals surface area contributed by atoms with Gasteiger partial charge in [0.05, 0.1) is 18.0 Å². The topological polar surface area (TPSA) is 120 Å². The van der Waals surface area contributed by atoms with Crippen LogP contribution in [0.15, 0.2) is 34.2 Å². The van der Waals surface area contributed by atoms with E-state index in [0.717, 1.165) is 31.5 Å². The number of amides is 1. The molecule has 1 amide bonds. The van der Waals surface area contributed by atoms with Crippen LogP contribution in [0.4, 0.5) is 0 Å². The average molecular weight is 439 g/mol. The lowest BCUT2D eigenvalue weighted by atomic mass is 10.0. The number of rotatable bonds is 7. The first-order valence-electron chi connectivity index (χ1n) is 10.2. The molecule has 1 aliphatic heterocycles. The summed E-state index contributed by atoms with van der Waals surface area (Å²) in [5, 5.41) is 11.7. The fourth-order valence-electron chi connectivity index (χ4n) is 3.18. The molecule has 0 saturated carbocycles. The first kappa shape index (κ1) is 24.1. The molecule has 30 heavy (non-hydrogen) atoms. The second kappa shape index (κ2) is 10.7. The number of sulfonamides is 1. The number of carbonyl (C=O) groups is 1. The molecular weight excluding hydrogens is 404 g/mol. The van der Waals surface area contributed by atoms with E-state index in [1.807, 2.05) is 0 Å². The maximum Gasteiger partial charge on any atom is 0.241 e. The molecule has 1 saturated heterocycles. The Kier molecular flexibility index (Phi) is 8.63. The van der Waals surface area contributed by atoms with Gasteiger partial charge in [-0.25, -0.2) is 18.5 Å². The van der Waals surface area contributed by atoms with Crippen LogP contribution >= 0.6 is 0 Å². The molecule has 1 heterocycles. The van der Waals surface area contributed by atoms with E-state index >= 15 is 0 Å². The standard InChI is InChI=1S/C20H34N6O3S/c1-15(2)26-11-9-17(10-12-26)24-20(23-14-19(27)25(3)4)22-13-16-5-7-18(8-6-16)30(21,28)29/h5-8,15,17H,9-14H2,1-4H3,(H2,21,28,29)(H2,22,23,24). The molecule has 0 radical (unpaired) electrons. The number of likely N-dealkylation sites (tertiary alicyclic amines) is 1. The highest BCUT2D eigenvalue weighted by molar-refractivity contribution is 7.89. The van der Waals surface area contributed by atoms with Gasteiger partial charge in [-0.1, -0.05) is 12.1 Å². The highest BCUT2D eigenvalue weighted by atomic mass is 32.2. The van der Waals surface area contributed by atoms with Crippen LogP contribution in [0.5, 0.6) is 0 Å². The van der Waals surface area contributed by atoms with Gasteiger partial charge in [-0.05, 0) is 44.4 Å². The summed E-state index contributed by atoms with van der Waals surface area (Å²) in [5.41, 5.74) is 0.845. The number of benzene rings is 1. The minimum absolute atomic E-state index is 0.0448. The molecule has 1 aromatic carbocycles. The summed E-state index contributed by atoms with van der Waals surface area (Å²) >= 11 is 0. The third-order valence-electron chi connectivity index (χ3n) is 5.18. The molecule has 0 aromatic heterocycles. The number of guanidine groups is 1. The van der Waals surface area contributed by atoms with Crippen molar-refractivity contribution in [2.45, 2.75) is 50.2 Å². The summed E-state index contributed by atoms with van der Waals surface area (Å²) in [6, 6.07) is 7.14. The van der Waals surface area contributed by atoms with Crippen LogP contribution in [-0.2, 0) is 21.4 Å². The zero-order chi connectivity index (χ0) is 22.3. The molecule has 0 spiro atoms. The Morgan fingerprint density at radius 3 is 2.33 bits per heavy atom. The van der Waals surface area contributed by atoms with Crippen molar-refractivity contribution in [1.29, 1.82) is 0 Å². The van der Waals surface area contributed by atoms with Crippen molar-refractivity contribution in [3.8, 4) is 0 Å². The molecular formula is C20H34N6O3S. The Hall–Kier alpha value is -2.17. The predicted octanol–water partition coefficient (Wildman–Crippen LogP) is 0.330. The molecule has 4 N–H and O–H groups in total. The number of primary sulfonamides is 1. The number of hydrogen-bond donors (Lipinski definition) is 3. The fraction of sp³-hybridized carbons (Fsp3) is 0.600. The van der Waals surface area contributed by atoms with Gasteiger partial charge in [0.25, 0.3) is 0 Å². The zero-order valence-corrected chi connectivity index (χ0v) is 19.1. The van der Waals surface area contributed by atoms with Crippen LogP contribution < -0.4 is 15.8 Å². The smallest absolute Gasteiger partial charge is 0.241 e. The van der Waals surface area contributed by atoms with Gasteiger partial charge in [0.1, 0.15) is 0 Å². The normalized spacial score (nSPS) is 16.5. The molecule has 1 aromatic rings.